The second-order valence-electron chi connectivity index (χ2n) is 7.45. The Bertz CT molecular complexity index is 764. The normalized spacial score (nSPS) is 17.0. The van der Waals surface area contributed by atoms with Gasteiger partial charge in [0.05, 0.1) is 18.8 Å². The monoisotopic (exact) mass is 344 g/mol. The number of para-hydroxylation sites is 2. The average molecular weight is 344 g/mol. The standard InChI is InChI=1S/C18H24N4O3/c1-18(2,3)17-19-15(20-25-17)11-22-10-14(16(23)21(4)5)24-13-9-7-6-8-12(13)22/h6-9,14H,10-11H2,1-5H3. The molecular formula is C18H24N4O3. The number of hydrogen-bond acceptors (Lipinski definition) is 6. The lowest BCUT2D eigenvalue weighted by Crippen LogP contribution is -2.48. The summed E-state index contributed by atoms with van der Waals surface area (Å²) < 4.78 is 11.3. The molecular weight excluding hydrogens is 320 g/mol. The van der Waals surface area contributed by atoms with E-state index in [0.717, 1.165) is 5.69 Å². The van der Waals surface area contributed by atoms with Crippen LogP contribution >= 0.6 is 0 Å². The van der Waals surface area contributed by atoms with Crippen molar-refractivity contribution in [2.75, 3.05) is 25.5 Å². The summed E-state index contributed by atoms with van der Waals surface area (Å²) in [5.41, 5.74) is 0.727. The van der Waals surface area contributed by atoms with Gasteiger partial charge in [-0.1, -0.05) is 38.1 Å². The molecule has 1 amide bonds. The Kier molecular flexibility index (Phi) is 4.41. The molecule has 25 heavy (non-hydrogen) atoms. The van der Waals surface area contributed by atoms with Crippen LogP contribution in [0.2, 0.25) is 0 Å². The van der Waals surface area contributed by atoms with E-state index >= 15 is 0 Å². The van der Waals surface area contributed by atoms with Crippen LogP contribution in [0.25, 0.3) is 0 Å². The van der Waals surface area contributed by atoms with Crippen LogP contribution in [0.1, 0.15) is 32.5 Å². The Morgan fingerprint density at radius 1 is 1.32 bits per heavy atom. The number of aromatic nitrogens is 2. The number of carbonyl (C=O) groups excluding carboxylic acids is 1. The zero-order valence-corrected chi connectivity index (χ0v) is 15.3. The van der Waals surface area contributed by atoms with Gasteiger partial charge in [0.15, 0.2) is 11.9 Å². The van der Waals surface area contributed by atoms with Crippen molar-refractivity contribution in [3.8, 4) is 5.75 Å². The van der Waals surface area contributed by atoms with Crippen LogP contribution in [-0.2, 0) is 16.8 Å². The van der Waals surface area contributed by atoms with Crippen molar-refractivity contribution in [3.63, 3.8) is 0 Å². The summed E-state index contributed by atoms with van der Waals surface area (Å²) in [6.07, 6.45) is -0.557. The number of fused-ring (bicyclic) bond motifs is 1. The second-order valence-corrected chi connectivity index (χ2v) is 7.45. The van der Waals surface area contributed by atoms with Crippen LogP contribution in [0.3, 0.4) is 0 Å². The minimum Gasteiger partial charge on any atom is -0.477 e. The Labute approximate surface area is 147 Å². The summed E-state index contributed by atoms with van der Waals surface area (Å²) >= 11 is 0. The van der Waals surface area contributed by atoms with E-state index in [-0.39, 0.29) is 11.3 Å². The maximum absolute atomic E-state index is 12.4. The third kappa shape index (κ3) is 3.60. The lowest BCUT2D eigenvalue weighted by atomic mass is 9.97. The van der Waals surface area contributed by atoms with Crippen LogP contribution in [0, 0.1) is 0 Å². The summed E-state index contributed by atoms with van der Waals surface area (Å²) in [5, 5.41) is 4.09. The topological polar surface area (TPSA) is 71.7 Å². The quantitative estimate of drug-likeness (QED) is 0.850. The van der Waals surface area contributed by atoms with Gasteiger partial charge in [-0.2, -0.15) is 4.98 Å². The predicted molar refractivity (Wildman–Crippen MR) is 93.6 cm³/mol. The van der Waals surface area contributed by atoms with E-state index in [2.05, 4.69) is 15.0 Å². The van der Waals surface area contributed by atoms with Crippen molar-refractivity contribution in [1.82, 2.24) is 15.0 Å². The third-order valence-corrected chi connectivity index (χ3v) is 4.02. The van der Waals surface area contributed by atoms with Crippen LogP contribution < -0.4 is 9.64 Å². The first kappa shape index (κ1) is 17.3. The van der Waals surface area contributed by atoms with Crippen LogP contribution in [0.15, 0.2) is 28.8 Å². The van der Waals surface area contributed by atoms with E-state index in [1.807, 2.05) is 45.0 Å². The highest BCUT2D eigenvalue weighted by molar-refractivity contribution is 5.83. The number of nitrogens with zero attached hydrogens (tertiary/aromatic N) is 4. The molecule has 134 valence electrons. The summed E-state index contributed by atoms with van der Waals surface area (Å²) in [5.74, 6) is 1.82. The van der Waals surface area contributed by atoms with Crippen molar-refractivity contribution in [3.05, 3.63) is 36.0 Å². The molecule has 1 atom stereocenters. The van der Waals surface area contributed by atoms with Gasteiger partial charge >= 0.3 is 0 Å². The summed E-state index contributed by atoms with van der Waals surface area (Å²) in [6.45, 7) is 6.98. The zero-order valence-electron chi connectivity index (χ0n) is 15.3. The molecule has 0 saturated carbocycles. The molecule has 1 aliphatic heterocycles. The summed E-state index contributed by atoms with van der Waals surface area (Å²) in [4.78, 5) is 20.5. The molecule has 0 N–H and O–H groups in total. The molecule has 1 aromatic heterocycles. The second kappa shape index (κ2) is 6.38. The Morgan fingerprint density at radius 3 is 2.68 bits per heavy atom. The van der Waals surface area contributed by atoms with Gasteiger partial charge in [-0.15, -0.1) is 0 Å². The molecule has 0 radical (unpaired) electrons. The number of amides is 1. The van der Waals surface area contributed by atoms with Gasteiger partial charge in [-0.05, 0) is 12.1 Å². The molecule has 0 saturated heterocycles. The number of carbonyl (C=O) groups is 1. The predicted octanol–water partition coefficient (Wildman–Crippen LogP) is 2.22. The molecule has 0 aliphatic carbocycles. The molecule has 0 fully saturated rings. The van der Waals surface area contributed by atoms with Crippen molar-refractivity contribution >= 4 is 11.6 Å². The highest BCUT2D eigenvalue weighted by atomic mass is 16.5. The average Bonchev–Trinajstić information content (AvgIpc) is 3.02. The molecule has 0 bridgehead atoms. The number of hydrogen-bond donors (Lipinski definition) is 0. The van der Waals surface area contributed by atoms with E-state index in [0.29, 0.717) is 30.6 Å². The molecule has 1 unspecified atom stereocenters. The van der Waals surface area contributed by atoms with Crippen LogP contribution in [0.5, 0.6) is 5.75 Å². The molecule has 7 nitrogen and oxygen atoms in total. The number of ether oxygens (including phenoxy) is 1. The maximum Gasteiger partial charge on any atom is 0.265 e. The fourth-order valence-corrected chi connectivity index (χ4v) is 2.67. The highest BCUT2D eigenvalue weighted by Gasteiger charge is 2.32. The van der Waals surface area contributed by atoms with Crippen molar-refractivity contribution in [2.24, 2.45) is 0 Å². The maximum atomic E-state index is 12.4. The van der Waals surface area contributed by atoms with Gasteiger partial charge in [0, 0.05) is 19.5 Å². The Hall–Kier alpha value is -2.57. The minimum absolute atomic E-state index is 0.0667. The number of rotatable bonds is 3. The summed E-state index contributed by atoms with van der Waals surface area (Å²) in [7, 11) is 3.46. The van der Waals surface area contributed by atoms with E-state index < -0.39 is 6.10 Å². The van der Waals surface area contributed by atoms with Crippen molar-refractivity contribution in [1.29, 1.82) is 0 Å². The minimum atomic E-state index is -0.557. The summed E-state index contributed by atoms with van der Waals surface area (Å²) in [6, 6.07) is 7.68. The lowest BCUT2D eigenvalue weighted by molar-refractivity contribution is -0.136. The molecule has 1 aromatic carbocycles. The lowest BCUT2D eigenvalue weighted by Gasteiger charge is -2.35. The number of benzene rings is 1. The van der Waals surface area contributed by atoms with Gasteiger partial charge < -0.3 is 19.1 Å². The first-order chi connectivity index (χ1) is 11.8. The van der Waals surface area contributed by atoms with Gasteiger partial charge in [0.25, 0.3) is 5.91 Å². The molecule has 7 heteroatoms. The van der Waals surface area contributed by atoms with Gasteiger partial charge in [-0.25, -0.2) is 0 Å². The van der Waals surface area contributed by atoms with Crippen LogP contribution in [-0.4, -0.2) is 47.7 Å². The van der Waals surface area contributed by atoms with Crippen molar-refractivity contribution < 1.29 is 14.1 Å². The fourth-order valence-electron chi connectivity index (χ4n) is 2.67. The molecule has 0 spiro atoms. The van der Waals surface area contributed by atoms with Crippen molar-refractivity contribution in [2.45, 2.75) is 38.8 Å². The fraction of sp³-hybridized carbons (Fsp3) is 0.500. The zero-order chi connectivity index (χ0) is 18.2. The molecule has 2 aromatic rings. The first-order valence-electron chi connectivity index (χ1n) is 8.30. The molecule has 2 heterocycles. The SMILES string of the molecule is CN(C)C(=O)C1CN(Cc2noc(C(C)(C)C)n2)c2ccccc2O1. The Balaban J connectivity index is 1.86. The van der Waals surface area contributed by atoms with Gasteiger partial charge in [-0.3, -0.25) is 4.79 Å². The van der Waals surface area contributed by atoms with E-state index in [4.69, 9.17) is 9.26 Å². The molecule has 3 rings (SSSR count). The largest absolute Gasteiger partial charge is 0.477 e. The highest BCUT2D eigenvalue weighted by Crippen LogP contribution is 2.34. The van der Waals surface area contributed by atoms with Gasteiger partial charge in [0.1, 0.15) is 5.75 Å². The Morgan fingerprint density at radius 2 is 2.04 bits per heavy atom. The first-order valence-corrected chi connectivity index (χ1v) is 8.30. The number of likely N-dealkylation sites (N-methyl/N-ethyl adjacent to an activating group) is 1. The van der Waals surface area contributed by atoms with E-state index in [1.54, 1.807) is 19.0 Å². The van der Waals surface area contributed by atoms with Gasteiger partial charge in [0.2, 0.25) is 5.89 Å². The number of anilines is 1. The van der Waals surface area contributed by atoms with E-state index in [9.17, 15) is 4.79 Å². The van der Waals surface area contributed by atoms with E-state index in [1.165, 1.54) is 0 Å². The molecule has 1 aliphatic rings. The smallest absolute Gasteiger partial charge is 0.265 e. The van der Waals surface area contributed by atoms with Crippen LogP contribution in [0.4, 0.5) is 5.69 Å². The third-order valence-electron chi connectivity index (χ3n) is 4.02.